The Kier molecular flexibility index (Phi) is 5.27. The Labute approximate surface area is 137 Å². The van der Waals surface area contributed by atoms with Crippen LogP contribution in [-0.2, 0) is 9.84 Å². The van der Waals surface area contributed by atoms with Crippen LogP contribution in [0.4, 0.5) is 0 Å². The maximum absolute atomic E-state index is 12.8. The fourth-order valence-electron chi connectivity index (χ4n) is 2.33. The van der Waals surface area contributed by atoms with E-state index in [0.29, 0.717) is 16.5 Å². The summed E-state index contributed by atoms with van der Waals surface area (Å²) in [4.78, 5) is 0.236. The maximum Gasteiger partial charge on any atom is 0.186 e. The first-order valence-electron chi connectivity index (χ1n) is 7.15. The van der Waals surface area contributed by atoms with E-state index in [4.69, 9.17) is 17.3 Å². The molecular weight excluding hydrogens is 318 g/mol. The van der Waals surface area contributed by atoms with Crippen molar-refractivity contribution in [3.8, 4) is 0 Å². The number of rotatable bonds is 5. The van der Waals surface area contributed by atoms with Crippen LogP contribution in [-0.4, -0.2) is 15.0 Å². The summed E-state index contributed by atoms with van der Waals surface area (Å²) < 4.78 is 25.5. The van der Waals surface area contributed by atoms with Gasteiger partial charge in [0.2, 0.25) is 0 Å². The highest BCUT2D eigenvalue weighted by Gasteiger charge is 2.27. The molecule has 0 aliphatic heterocycles. The Balaban J connectivity index is 2.40. The van der Waals surface area contributed by atoms with E-state index in [1.807, 2.05) is 24.3 Å². The molecule has 22 heavy (non-hydrogen) atoms. The smallest absolute Gasteiger partial charge is 0.186 e. The van der Waals surface area contributed by atoms with Gasteiger partial charge in [0.05, 0.1) is 4.90 Å². The fourth-order valence-corrected chi connectivity index (χ4v) is 4.06. The second-order valence-corrected chi connectivity index (χ2v) is 8.11. The molecule has 0 radical (unpaired) electrons. The summed E-state index contributed by atoms with van der Waals surface area (Å²) in [7, 11) is -3.54. The monoisotopic (exact) mass is 337 g/mol. The van der Waals surface area contributed by atoms with Gasteiger partial charge in [-0.05, 0) is 41.3 Å². The van der Waals surface area contributed by atoms with E-state index in [0.717, 1.165) is 0 Å². The Morgan fingerprint density at radius 1 is 0.955 bits per heavy atom. The van der Waals surface area contributed by atoms with E-state index in [9.17, 15) is 8.42 Å². The molecule has 0 saturated carbocycles. The predicted molar refractivity (Wildman–Crippen MR) is 91.0 cm³/mol. The number of benzene rings is 2. The SMILES string of the molecule is CC(C)c1ccc(C(CN)S(=O)(=O)c2ccc(Cl)cc2)cc1. The molecule has 0 saturated heterocycles. The summed E-state index contributed by atoms with van der Waals surface area (Å²) in [5.74, 6) is 0.401. The van der Waals surface area contributed by atoms with Crippen molar-refractivity contribution in [1.82, 2.24) is 0 Å². The number of hydrogen-bond donors (Lipinski definition) is 1. The number of halogens is 1. The van der Waals surface area contributed by atoms with Gasteiger partial charge in [-0.2, -0.15) is 0 Å². The van der Waals surface area contributed by atoms with Gasteiger partial charge in [-0.1, -0.05) is 49.7 Å². The molecular formula is C17H20ClNO2S. The second-order valence-electron chi connectivity index (χ2n) is 5.54. The molecule has 2 aromatic rings. The highest BCUT2D eigenvalue weighted by molar-refractivity contribution is 7.91. The van der Waals surface area contributed by atoms with Gasteiger partial charge in [0.15, 0.2) is 9.84 Å². The zero-order valence-corrected chi connectivity index (χ0v) is 14.2. The first kappa shape index (κ1) is 17.0. The number of hydrogen-bond acceptors (Lipinski definition) is 3. The minimum Gasteiger partial charge on any atom is -0.329 e. The van der Waals surface area contributed by atoms with Crippen LogP contribution in [0.3, 0.4) is 0 Å². The second kappa shape index (κ2) is 6.82. The van der Waals surface area contributed by atoms with Gasteiger partial charge in [-0.25, -0.2) is 8.42 Å². The summed E-state index contributed by atoms with van der Waals surface area (Å²) in [6.45, 7) is 4.23. The number of sulfone groups is 1. The quantitative estimate of drug-likeness (QED) is 0.899. The molecule has 2 rings (SSSR count). The molecule has 5 heteroatoms. The van der Waals surface area contributed by atoms with Crippen molar-refractivity contribution in [1.29, 1.82) is 0 Å². The van der Waals surface area contributed by atoms with E-state index in [2.05, 4.69) is 13.8 Å². The Morgan fingerprint density at radius 2 is 1.45 bits per heavy atom. The molecule has 0 aliphatic rings. The molecule has 0 aromatic heterocycles. The minimum atomic E-state index is -3.54. The Hall–Kier alpha value is -1.36. The van der Waals surface area contributed by atoms with Gasteiger partial charge in [-0.15, -0.1) is 0 Å². The molecule has 1 atom stereocenters. The van der Waals surface area contributed by atoms with Gasteiger partial charge in [-0.3, -0.25) is 0 Å². The molecule has 118 valence electrons. The molecule has 2 N–H and O–H groups in total. The van der Waals surface area contributed by atoms with Crippen LogP contribution in [0.25, 0.3) is 0 Å². The molecule has 0 fully saturated rings. The molecule has 0 bridgehead atoms. The zero-order chi connectivity index (χ0) is 16.3. The van der Waals surface area contributed by atoms with Crippen LogP contribution in [0, 0.1) is 0 Å². The van der Waals surface area contributed by atoms with Crippen molar-refractivity contribution in [3.05, 3.63) is 64.7 Å². The summed E-state index contributed by atoms with van der Waals surface area (Å²) in [6.07, 6.45) is 0. The normalized spacial score (nSPS) is 13.3. The molecule has 0 amide bonds. The van der Waals surface area contributed by atoms with Crippen molar-refractivity contribution in [3.63, 3.8) is 0 Å². The number of nitrogens with two attached hydrogens (primary N) is 1. The van der Waals surface area contributed by atoms with E-state index in [1.54, 1.807) is 12.1 Å². The summed E-state index contributed by atoms with van der Waals surface area (Å²) in [5.41, 5.74) is 7.63. The van der Waals surface area contributed by atoms with Crippen LogP contribution in [0.15, 0.2) is 53.4 Å². The summed E-state index contributed by atoms with van der Waals surface area (Å²) in [6, 6.07) is 13.8. The third kappa shape index (κ3) is 3.51. The lowest BCUT2D eigenvalue weighted by atomic mass is 10.0. The maximum atomic E-state index is 12.8. The van der Waals surface area contributed by atoms with E-state index < -0.39 is 15.1 Å². The van der Waals surface area contributed by atoms with Gasteiger partial charge in [0.25, 0.3) is 0 Å². The van der Waals surface area contributed by atoms with Crippen LogP contribution >= 0.6 is 11.6 Å². The van der Waals surface area contributed by atoms with Gasteiger partial charge < -0.3 is 5.73 Å². The van der Waals surface area contributed by atoms with Crippen molar-refractivity contribution in [2.24, 2.45) is 5.73 Å². The van der Waals surface area contributed by atoms with E-state index >= 15 is 0 Å². The van der Waals surface area contributed by atoms with Crippen molar-refractivity contribution >= 4 is 21.4 Å². The summed E-state index contributed by atoms with van der Waals surface area (Å²) >= 11 is 5.82. The van der Waals surface area contributed by atoms with Crippen molar-refractivity contribution < 1.29 is 8.42 Å². The zero-order valence-electron chi connectivity index (χ0n) is 12.7. The predicted octanol–water partition coefficient (Wildman–Crippen LogP) is 3.94. The lowest BCUT2D eigenvalue weighted by molar-refractivity contribution is 0.582. The van der Waals surface area contributed by atoms with Gasteiger partial charge in [0.1, 0.15) is 5.25 Å². The lowest BCUT2D eigenvalue weighted by Gasteiger charge is -2.17. The largest absolute Gasteiger partial charge is 0.329 e. The van der Waals surface area contributed by atoms with Crippen molar-refractivity contribution in [2.75, 3.05) is 6.54 Å². The molecule has 3 nitrogen and oxygen atoms in total. The third-order valence-corrected chi connectivity index (χ3v) is 6.10. The van der Waals surface area contributed by atoms with Gasteiger partial charge >= 0.3 is 0 Å². The van der Waals surface area contributed by atoms with Crippen LogP contribution in [0.5, 0.6) is 0 Å². The first-order valence-corrected chi connectivity index (χ1v) is 9.08. The first-order chi connectivity index (χ1) is 10.4. The molecule has 1 unspecified atom stereocenters. The topological polar surface area (TPSA) is 60.2 Å². The Bertz CT molecular complexity index is 722. The average molecular weight is 338 g/mol. The molecule has 2 aromatic carbocycles. The standard InChI is InChI=1S/C17H20ClNO2S/c1-12(2)13-3-5-14(6-4-13)17(11-19)22(20,21)16-9-7-15(18)8-10-16/h3-10,12,17H,11,19H2,1-2H3. The highest BCUT2D eigenvalue weighted by Crippen LogP contribution is 2.29. The van der Waals surface area contributed by atoms with Crippen molar-refractivity contribution in [2.45, 2.75) is 29.9 Å². The van der Waals surface area contributed by atoms with E-state index in [-0.39, 0.29) is 11.4 Å². The van der Waals surface area contributed by atoms with E-state index in [1.165, 1.54) is 17.7 Å². The fraction of sp³-hybridized carbons (Fsp3) is 0.294. The molecule has 0 aliphatic carbocycles. The minimum absolute atomic E-state index is 0.0337. The summed E-state index contributed by atoms with van der Waals surface area (Å²) in [5, 5.41) is -0.251. The van der Waals surface area contributed by atoms with Crippen LogP contribution in [0.1, 0.15) is 36.1 Å². The van der Waals surface area contributed by atoms with Crippen LogP contribution in [0.2, 0.25) is 5.02 Å². The Morgan fingerprint density at radius 3 is 1.91 bits per heavy atom. The average Bonchev–Trinajstić information content (AvgIpc) is 2.48. The van der Waals surface area contributed by atoms with Crippen LogP contribution < -0.4 is 5.73 Å². The molecule has 0 spiro atoms. The third-order valence-electron chi connectivity index (χ3n) is 3.71. The highest BCUT2D eigenvalue weighted by atomic mass is 35.5. The van der Waals surface area contributed by atoms with Gasteiger partial charge in [0, 0.05) is 11.6 Å². The lowest BCUT2D eigenvalue weighted by Crippen LogP contribution is -2.22. The molecule has 0 heterocycles.